The summed E-state index contributed by atoms with van der Waals surface area (Å²) < 4.78 is 9.61. The van der Waals surface area contributed by atoms with Crippen LogP contribution in [0.15, 0.2) is 30.3 Å². The Balaban J connectivity index is 2.40. The summed E-state index contributed by atoms with van der Waals surface area (Å²) in [6, 6.07) is 9.24. The number of carbonyl (C=O) groups excluding carboxylic acids is 1. The molecule has 1 aromatic carbocycles. The summed E-state index contributed by atoms with van der Waals surface area (Å²) in [4.78, 5) is 21.9. The molecule has 0 aliphatic carbocycles. The maximum absolute atomic E-state index is 11.5. The summed E-state index contributed by atoms with van der Waals surface area (Å²) >= 11 is 0. The maximum atomic E-state index is 11.5. The minimum absolute atomic E-state index is 0.119. The second-order valence-electron chi connectivity index (χ2n) is 4.45. The standard InChI is InChI=1S/C13H16O5/c1-13(2,18-12(15)16)8-11(14)17-9-10-6-4-3-5-7-10/h3-7H,8-9H2,1-2H3,(H,15,16). The van der Waals surface area contributed by atoms with Gasteiger partial charge >= 0.3 is 12.1 Å². The molecule has 0 heterocycles. The van der Waals surface area contributed by atoms with Crippen molar-refractivity contribution in [2.24, 2.45) is 0 Å². The minimum Gasteiger partial charge on any atom is -0.461 e. The second kappa shape index (κ2) is 6.05. The quantitative estimate of drug-likeness (QED) is 0.815. The van der Waals surface area contributed by atoms with E-state index in [1.807, 2.05) is 30.3 Å². The van der Waals surface area contributed by atoms with Crippen molar-refractivity contribution in [3.8, 4) is 0 Å². The number of hydrogen-bond acceptors (Lipinski definition) is 4. The lowest BCUT2D eigenvalue weighted by Crippen LogP contribution is -2.31. The third-order valence-electron chi connectivity index (χ3n) is 2.18. The number of hydrogen-bond donors (Lipinski definition) is 1. The molecule has 0 unspecified atom stereocenters. The van der Waals surface area contributed by atoms with E-state index in [2.05, 4.69) is 4.74 Å². The van der Waals surface area contributed by atoms with Crippen LogP contribution >= 0.6 is 0 Å². The molecule has 18 heavy (non-hydrogen) atoms. The molecular formula is C13H16O5. The van der Waals surface area contributed by atoms with Crippen LogP contribution in [-0.2, 0) is 20.9 Å². The summed E-state index contributed by atoms with van der Waals surface area (Å²) in [5, 5.41) is 8.50. The number of esters is 1. The number of ether oxygens (including phenoxy) is 2. The fourth-order valence-electron chi connectivity index (χ4n) is 1.41. The van der Waals surface area contributed by atoms with Crippen LogP contribution in [-0.4, -0.2) is 22.8 Å². The molecule has 5 nitrogen and oxygen atoms in total. The molecule has 0 saturated heterocycles. The third-order valence-corrected chi connectivity index (χ3v) is 2.18. The highest BCUT2D eigenvalue weighted by atomic mass is 16.7. The lowest BCUT2D eigenvalue weighted by atomic mass is 10.1. The Bertz CT molecular complexity index is 411. The van der Waals surface area contributed by atoms with Gasteiger partial charge in [0.2, 0.25) is 0 Å². The lowest BCUT2D eigenvalue weighted by molar-refractivity contribution is -0.149. The molecule has 0 spiro atoms. The van der Waals surface area contributed by atoms with Gasteiger partial charge in [-0.25, -0.2) is 4.79 Å². The lowest BCUT2D eigenvalue weighted by Gasteiger charge is -2.21. The summed E-state index contributed by atoms with van der Waals surface area (Å²) in [6.45, 7) is 3.21. The largest absolute Gasteiger partial charge is 0.506 e. The molecule has 0 saturated carbocycles. The Morgan fingerprint density at radius 2 is 1.83 bits per heavy atom. The highest BCUT2D eigenvalue weighted by molar-refractivity contribution is 5.71. The first kappa shape index (κ1) is 14.0. The van der Waals surface area contributed by atoms with Crippen LogP contribution in [0.2, 0.25) is 0 Å². The Morgan fingerprint density at radius 3 is 2.39 bits per heavy atom. The Kier molecular flexibility index (Phi) is 4.71. The average molecular weight is 252 g/mol. The summed E-state index contributed by atoms with van der Waals surface area (Å²) in [5.41, 5.74) is -0.206. The molecule has 1 rings (SSSR count). The van der Waals surface area contributed by atoms with E-state index in [1.54, 1.807) is 0 Å². The fraction of sp³-hybridized carbons (Fsp3) is 0.385. The smallest absolute Gasteiger partial charge is 0.461 e. The monoisotopic (exact) mass is 252 g/mol. The van der Waals surface area contributed by atoms with Gasteiger partial charge in [0.05, 0.1) is 6.42 Å². The molecule has 0 aromatic heterocycles. The third kappa shape index (κ3) is 5.34. The van der Waals surface area contributed by atoms with E-state index >= 15 is 0 Å². The van der Waals surface area contributed by atoms with E-state index in [9.17, 15) is 9.59 Å². The van der Waals surface area contributed by atoms with Gasteiger partial charge in [-0.3, -0.25) is 4.79 Å². The minimum atomic E-state index is -1.41. The van der Waals surface area contributed by atoms with Crippen molar-refractivity contribution in [2.45, 2.75) is 32.5 Å². The van der Waals surface area contributed by atoms with Gasteiger partial charge in [-0.05, 0) is 19.4 Å². The van der Waals surface area contributed by atoms with Crippen LogP contribution in [0.3, 0.4) is 0 Å². The van der Waals surface area contributed by atoms with Gasteiger partial charge in [0, 0.05) is 0 Å². The van der Waals surface area contributed by atoms with Gasteiger partial charge in [-0.2, -0.15) is 0 Å². The van der Waals surface area contributed by atoms with E-state index in [1.165, 1.54) is 13.8 Å². The molecule has 1 aromatic rings. The van der Waals surface area contributed by atoms with E-state index in [4.69, 9.17) is 9.84 Å². The SMILES string of the molecule is CC(C)(CC(=O)OCc1ccccc1)OC(=O)O. The first-order valence-electron chi connectivity index (χ1n) is 5.50. The maximum Gasteiger partial charge on any atom is 0.506 e. The Hall–Kier alpha value is -2.04. The van der Waals surface area contributed by atoms with Crippen molar-refractivity contribution >= 4 is 12.1 Å². The molecule has 0 fully saturated rings. The first-order chi connectivity index (χ1) is 8.39. The van der Waals surface area contributed by atoms with Crippen LogP contribution < -0.4 is 0 Å². The molecular weight excluding hydrogens is 236 g/mol. The zero-order chi connectivity index (χ0) is 13.6. The zero-order valence-electron chi connectivity index (χ0n) is 10.4. The first-order valence-corrected chi connectivity index (χ1v) is 5.50. The van der Waals surface area contributed by atoms with Gasteiger partial charge in [-0.1, -0.05) is 30.3 Å². The predicted molar refractivity (Wildman–Crippen MR) is 64.0 cm³/mol. The molecule has 0 aliphatic rings. The molecule has 5 heteroatoms. The highest BCUT2D eigenvalue weighted by Crippen LogP contribution is 2.16. The van der Waals surface area contributed by atoms with Gasteiger partial charge in [-0.15, -0.1) is 0 Å². The Morgan fingerprint density at radius 1 is 1.22 bits per heavy atom. The van der Waals surface area contributed by atoms with Gasteiger partial charge in [0.15, 0.2) is 0 Å². The second-order valence-corrected chi connectivity index (χ2v) is 4.45. The molecule has 0 bridgehead atoms. The number of rotatable bonds is 5. The van der Waals surface area contributed by atoms with E-state index in [-0.39, 0.29) is 13.0 Å². The van der Waals surface area contributed by atoms with Crippen LogP contribution in [0.5, 0.6) is 0 Å². The number of carbonyl (C=O) groups is 2. The Labute approximate surface area is 105 Å². The fourth-order valence-corrected chi connectivity index (χ4v) is 1.41. The van der Waals surface area contributed by atoms with E-state index < -0.39 is 17.7 Å². The van der Waals surface area contributed by atoms with Gasteiger partial charge in [0.1, 0.15) is 12.2 Å². The van der Waals surface area contributed by atoms with Crippen molar-refractivity contribution in [1.82, 2.24) is 0 Å². The number of benzene rings is 1. The van der Waals surface area contributed by atoms with Crippen molar-refractivity contribution in [2.75, 3.05) is 0 Å². The average Bonchev–Trinajstić information content (AvgIpc) is 2.25. The molecule has 0 radical (unpaired) electrons. The highest BCUT2D eigenvalue weighted by Gasteiger charge is 2.27. The number of carboxylic acid groups (broad SMARTS) is 1. The van der Waals surface area contributed by atoms with Crippen molar-refractivity contribution < 1.29 is 24.2 Å². The molecule has 0 atom stereocenters. The summed E-state index contributed by atoms with van der Waals surface area (Å²) in [5.74, 6) is -0.495. The van der Waals surface area contributed by atoms with Crippen LogP contribution in [0.1, 0.15) is 25.8 Å². The summed E-state index contributed by atoms with van der Waals surface area (Å²) in [6.07, 6.45) is -1.53. The predicted octanol–water partition coefficient (Wildman–Crippen LogP) is 2.59. The zero-order valence-corrected chi connectivity index (χ0v) is 10.4. The molecule has 98 valence electrons. The van der Waals surface area contributed by atoms with E-state index in [0.717, 1.165) is 5.56 Å². The van der Waals surface area contributed by atoms with Crippen LogP contribution in [0.4, 0.5) is 4.79 Å². The van der Waals surface area contributed by atoms with Crippen LogP contribution in [0, 0.1) is 0 Å². The van der Waals surface area contributed by atoms with Crippen LogP contribution in [0.25, 0.3) is 0 Å². The molecule has 0 aliphatic heterocycles. The van der Waals surface area contributed by atoms with Crippen molar-refractivity contribution in [3.63, 3.8) is 0 Å². The molecule has 0 amide bonds. The molecule has 1 N–H and O–H groups in total. The van der Waals surface area contributed by atoms with E-state index in [0.29, 0.717) is 0 Å². The van der Waals surface area contributed by atoms with Crippen molar-refractivity contribution in [3.05, 3.63) is 35.9 Å². The topological polar surface area (TPSA) is 72.8 Å². The van der Waals surface area contributed by atoms with Gasteiger partial charge < -0.3 is 14.6 Å². The normalized spacial score (nSPS) is 10.8. The van der Waals surface area contributed by atoms with Gasteiger partial charge in [0.25, 0.3) is 0 Å². The summed E-state index contributed by atoms with van der Waals surface area (Å²) in [7, 11) is 0. The van der Waals surface area contributed by atoms with Crippen molar-refractivity contribution in [1.29, 1.82) is 0 Å².